The molecule has 3 N–H and O–H groups in total. The number of aromatic nitrogens is 2. The fourth-order valence-electron chi connectivity index (χ4n) is 4.38. The summed E-state index contributed by atoms with van der Waals surface area (Å²) in [5.74, 6) is -0.283. The van der Waals surface area contributed by atoms with Crippen molar-refractivity contribution in [2.75, 3.05) is 57.5 Å². The van der Waals surface area contributed by atoms with Crippen LogP contribution in [-0.4, -0.2) is 113 Å². The molecule has 1 aliphatic rings. The van der Waals surface area contributed by atoms with Crippen LogP contribution in [0.4, 0.5) is 22.1 Å². The number of anilines is 2. The average molecular weight is 676 g/mol. The van der Waals surface area contributed by atoms with Crippen molar-refractivity contribution < 1.29 is 33.7 Å². The summed E-state index contributed by atoms with van der Waals surface area (Å²) in [5, 5.41) is 16.8. The Bertz CT molecular complexity index is 1440. The number of fused-ring (bicyclic) bond motifs is 1. The van der Waals surface area contributed by atoms with Gasteiger partial charge in [-0.1, -0.05) is 11.6 Å². The number of aliphatic hydroxyl groups excluding tert-OH is 1. The van der Waals surface area contributed by atoms with Crippen LogP contribution in [0.5, 0.6) is 5.75 Å². The lowest BCUT2D eigenvalue weighted by atomic mass is 10.0. The summed E-state index contributed by atoms with van der Waals surface area (Å²) >= 11 is 6.34. The molecule has 2 unspecified atom stereocenters. The number of aliphatic imine (C=N–C) groups is 1. The van der Waals surface area contributed by atoms with Crippen LogP contribution in [0, 0.1) is 0 Å². The first-order valence-corrected chi connectivity index (χ1v) is 15.7. The number of nitrogens with zero attached hydrogens (tertiary/aromatic N) is 5. The van der Waals surface area contributed by atoms with Crippen LogP contribution in [0.1, 0.15) is 59.4 Å². The Morgan fingerprint density at radius 3 is 2.51 bits per heavy atom. The van der Waals surface area contributed by atoms with E-state index >= 15 is 0 Å². The van der Waals surface area contributed by atoms with E-state index in [0.717, 1.165) is 0 Å². The molecular formula is C32H46ClN7O7. The molecule has 0 saturated carbocycles. The van der Waals surface area contributed by atoms with Gasteiger partial charge in [0.05, 0.1) is 22.7 Å². The van der Waals surface area contributed by atoms with Gasteiger partial charge in [-0.3, -0.25) is 14.6 Å². The van der Waals surface area contributed by atoms with Crippen LogP contribution in [0.25, 0.3) is 0 Å². The number of hydrogen-bond acceptors (Lipinski definition) is 12. The van der Waals surface area contributed by atoms with Crippen molar-refractivity contribution in [1.82, 2.24) is 19.8 Å². The van der Waals surface area contributed by atoms with Gasteiger partial charge in [0.2, 0.25) is 5.91 Å². The van der Waals surface area contributed by atoms with E-state index in [9.17, 15) is 19.5 Å². The Balaban J connectivity index is 1.59. The van der Waals surface area contributed by atoms with Crippen LogP contribution >= 0.6 is 11.6 Å². The van der Waals surface area contributed by atoms with Crippen LogP contribution in [0.15, 0.2) is 29.5 Å². The Morgan fingerprint density at radius 1 is 1.13 bits per heavy atom. The highest BCUT2D eigenvalue weighted by molar-refractivity contribution is 6.32. The zero-order valence-electron chi connectivity index (χ0n) is 28.3. The van der Waals surface area contributed by atoms with Gasteiger partial charge in [0.15, 0.2) is 0 Å². The second kappa shape index (κ2) is 16.2. The first-order valence-electron chi connectivity index (χ1n) is 15.3. The molecule has 2 heterocycles. The maximum atomic E-state index is 12.9. The van der Waals surface area contributed by atoms with E-state index in [2.05, 4.69) is 25.6 Å². The maximum absolute atomic E-state index is 12.9. The zero-order valence-corrected chi connectivity index (χ0v) is 29.1. The van der Waals surface area contributed by atoms with Gasteiger partial charge in [-0.15, -0.1) is 0 Å². The maximum Gasteiger partial charge on any atom is 0.410 e. The number of rotatable bonds is 14. The molecule has 14 nitrogen and oxygen atoms in total. The summed E-state index contributed by atoms with van der Waals surface area (Å²) in [6, 6.07) is 4.90. The quantitative estimate of drug-likeness (QED) is 0.193. The van der Waals surface area contributed by atoms with Crippen molar-refractivity contribution in [3.63, 3.8) is 0 Å². The zero-order chi connectivity index (χ0) is 34.9. The van der Waals surface area contributed by atoms with Gasteiger partial charge in [-0.25, -0.2) is 14.8 Å². The predicted molar refractivity (Wildman–Crippen MR) is 180 cm³/mol. The summed E-state index contributed by atoms with van der Waals surface area (Å²) in [6.45, 7) is 12.2. The summed E-state index contributed by atoms with van der Waals surface area (Å²) in [4.78, 5) is 53.4. The molecule has 0 spiro atoms. The molecule has 2 aromatic rings. The molecule has 0 saturated heterocycles. The number of aliphatic hydroxyl groups is 1. The molecule has 2 amide bonds. The number of carbonyl (C=O) groups excluding carboxylic acids is 3. The lowest BCUT2D eigenvalue weighted by Gasteiger charge is -2.24. The Hall–Kier alpha value is -4.01. The summed E-state index contributed by atoms with van der Waals surface area (Å²) < 4.78 is 16.5. The van der Waals surface area contributed by atoms with E-state index in [4.69, 9.17) is 25.8 Å². The highest BCUT2D eigenvalue weighted by Gasteiger charge is 2.34. The van der Waals surface area contributed by atoms with Crippen molar-refractivity contribution in [3.05, 3.63) is 35.1 Å². The molecule has 0 radical (unpaired) electrons. The molecule has 258 valence electrons. The fourth-order valence-corrected chi connectivity index (χ4v) is 4.55. The standard InChI is InChI=1S/C32H46ClN7O7/c1-31(2,3)46-25(42)11-13-39(7)17-21(41)18-45-24-15-20(9-10-23(24)33)35-16-22-26-27(36-19-37-28(26)38-29(22)43)34-12-14-40(8)30(44)47-32(4,5)6/h9-10,15-16,19,21-22,41H,11-14,17-18H2,1-8H3,(H2,34,36,37,38,43). The third kappa shape index (κ3) is 12.3. The average Bonchev–Trinajstić information content (AvgIpc) is 3.28. The summed E-state index contributed by atoms with van der Waals surface area (Å²) in [5.41, 5.74) is -0.150. The number of benzene rings is 1. The predicted octanol–water partition coefficient (Wildman–Crippen LogP) is 4.25. The smallest absolute Gasteiger partial charge is 0.410 e. The van der Waals surface area contributed by atoms with Crippen molar-refractivity contribution in [1.29, 1.82) is 0 Å². The third-order valence-electron chi connectivity index (χ3n) is 6.52. The summed E-state index contributed by atoms with van der Waals surface area (Å²) in [7, 11) is 3.43. The number of halogens is 1. The second-order valence-electron chi connectivity index (χ2n) is 13.2. The van der Waals surface area contributed by atoms with Gasteiger partial charge in [0.25, 0.3) is 0 Å². The van der Waals surface area contributed by atoms with Gasteiger partial charge in [-0.2, -0.15) is 0 Å². The first-order chi connectivity index (χ1) is 21.9. The molecular weight excluding hydrogens is 630 g/mol. The highest BCUT2D eigenvalue weighted by atomic mass is 35.5. The lowest BCUT2D eigenvalue weighted by molar-refractivity contribution is -0.155. The second-order valence-corrected chi connectivity index (χ2v) is 13.6. The molecule has 15 heteroatoms. The van der Waals surface area contributed by atoms with Crippen LogP contribution in [0.3, 0.4) is 0 Å². The normalized spacial score (nSPS) is 15.3. The van der Waals surface area contributed by atoms with Gasteiger partial charge in [0, 0.05) is 45.5 Å². The number of amides is 2. The van der Waals surface area contributed by atoms with E-state index in [-0.39, 0.29) is 31.4 Å². The number of hydrogen-bond donors (Lipinski definition) is 3. The van der Waals surface area contributed by atoms with Gasteiger partial charge in [-0.05, 0) is 60.7 Å². The third-order valence-corrected chi connectivity index (χ3v) is 6.83. The van der Waals surface area contributed by atoms with Crippen LogP contribution in [0.2, 0.25) is 5.02 Å². The van der Waals surface area contributed by atoms with Crippen molar-refractivity contribution in [2.24, 2.45) is 4.99 Å². The highest BCUT2D eigenvalue weighted by Crippen LogP contribution is 2.35. The number of likely N-dealkylation sites (N-methyl/N-ethyl adjacent to an activating group) is 2. The fraction of sp³-hybridized carbons (Fsp3) is 0.562. The number of carbonyl (C=O) groups is 3. The van der Waals surface area contributed by atoms with Gasteiger partial charge in [0.1, 0.15) is 53.5 Å². The molecule has 0 fully saturated rings. The Kier molecular flexibility index (Phi) is 12.9. The van der Waals surface area contributed by atoms with Crippen molar-refractivity contribution in [3.8, 4) is 5.75 Å². The monoisotopic (exact) mass is 675 g/mol. The Morgan fingerprint density at radius 2 is 1.83 bits per heavy atom. The van der Waals surface area contributed by atoms with E-state index in [0.29, 0.717) is 53.3 Å². The Labute approximate surface area is 280 Å². The molecule has 1 aromatic carbocycles. The molecule has 1 aliphatic heterocycles. The van der Waals surface area contributed by atoms with Crippen molar-refractivity contribution in [2.45, 2.75) is 71.2 Å². The number of ether oxygens (including phenoxy) is 3. The van der Waals surface area contributed by atoms with E-state index in [1.165, 1.54) is 17.4 Å². The SMILES string of the molecule is CN(CCC(=O)OC(C)(C)C)CC(O)COc1cc(N=CC2C(=O)Nc3ncnc(NCCN(C)C(=O)OC(C)(C)C)c32)ccc1Cl. The minimum atomic E-state index is -0.851. The first kappa shape index (κ1) is 37.4. The molecule has 0 bridgehead atoms. The number of esters is 1. The van der Waals surface area contributed by atoms with Gasteiger partial charge < -0.3 is 39.8 Å². The van der Waals surface area contributed by atoms with E-state index < -0.39 is 29.3 Å². The van der Waals surface area contributed by atoms with Crippen LogP contribution in [-0.2, 0) is 19.1 Å². The number of nitrogens with one attached hydrogen (secondary N) is 2. The molecule has 47 heavy (non-hydrogen) atoms. The van der Waals surface area contributed by atoms with E-state index in [1.807, 2.05) is 25.7 Å². The molecule has 1 aromatic heterocycles. The molecule has 3 rings (SSSR count). The lowest BCUT2D eigenvalue weighted by Crippen LogP contribution is -2.36. The molecule has 0 aliphatic carbocycles. The van der Waals surface area contributed by atoms with Crippen molar-refractivity contribution >= 4 is 53.1 Å². The minimum absolute atomic E-state index is 0.0441. The van der Waals surface area contributed by atoms with E-state index in [1.54, 1.807) is 53.1 Å². The van der Waals surface area contributed by atoms with Gasteiger partial charge >= 0.3 is 12.1 Å². The minimum Gasteiger partial charge on any atom is -0.489 e. The largest absolute Gasteiger partial charge is 0.489 e. The summed E-state index contributed by atoms with van der Waals surface area (Å²) in [6.07, 6.45) is 1.73. The van der Waals surface area contributed by atoms with Crippen LogP contribution < -0.4 is 15.4 Å². The topological polar surface area (TPSA) is 168 Å². The molecule has 2 atom stereocenters.